The topological polar surface area (TPSA) is 394 Å². The number of nitrogens with zero attached hydrogens (tertiary/aromatic N) is 22. The van der Waals surface area contributed by atoms with Crippen molar-refractivity contribution in [1.29, 1.82) is 0 Å². The summed E-state index contributed by atoms with van der Waals surface area (Å²) >= 11 is 0. The molecule has 36 heteroatoms. The summed E-state index contributed by atoms with van der Waals surface area (Å²) in [6.45, 7) is 12.7. The number of H-pyrrole nitrogens is 2. The molecule has 0 aliphatic carbocycles. The average molecular weight is 1820 g/mol. The van der Waals surface area contributed by atoms with Gasteiger partial charge in [0, 0.05) is 133 Å². The third-order valence-electron chi connectivity index (χ3n) is 23.0. The smallest absolute Gasteiger partial charge is 0.223 e. The zero-order valence-corrected chi connectivity index (χ0v) is 74.8. The van der Waals surface area contributed by atoms with Crippen LogP contribution in [0.5, 0.6) is 0 Å². The molecule has 136 heavy (non-hydrogen) atoms. The Labute approximate surface area is 774 Å². The van der Waals surface area contributed by atoms with Gasteiger partial charge < -0.3 is 46.7 Å². The first-order valence-corrected chi connectivity index (χ1v) is 43.4. The van der Waals surface area contributed by atoms with Gasteiger partial charge in [0.05, 0.1) is 135 Å². The van der Waals surface area contributed by atoms with E-state index in [-0.39, 0.29) is 61.8 Å². The maximum atomic E-state index is 13.6. The molecule has 0 radical (unpaired) electrons. The predicted octanol–water partition coefficient (Wildman–Crippen LogP) is 17.2. The molecule has 682 valence electrons. The van der Waals surface area contributed by atoms with Gasteiger partial charge in [0.2, 0.25) is 23.8 Å². The van der Waals surface area contributed by atoms with E-state index in [2.05, 4.69) is 71.6 Å². The van der Waals surface area contributed by atoms with Crippen molar-refractivity contribution in [2.24, 2.45) is 14.1 Å². The van der Waals surface area contributed by atoms with E-state index in [1.165, 1.54) is 48.5 Å². The lowest BCUT2D eigenvalue weighted by Crippen LogP contribution is -2.11. The van der Waals surface area contributed by atoms with Crippen molar-refractivity contribution in [2.45, 2.75) is 93.1 Å². The fraction of sp³-hybridized carbons (Fsp3) is 0.160. The van der Waals surface area contributed by atoms with Gasteiger partial charge >= 0.3 is 0 Å². The van der Waals surface area contributed by atoms with E-state index in [1.807, 2.05) is 212 Å². The van der Waals surface area contributed by atoms with Crippen LogP contribution < -0.4 is 21.3 Å². The monoisotopic (exact) mass is 1820 g/mol. The number of benzene rings is 5. The lowest BCUT2D eigenvalue weighted by Gasteiger charge is -2.15. The van der Waals surface area contributed by atoms with Gasteiger partial charge in [-0.25, -0.2) is 82.4 Å². The molecule has 32 nitrogen and oxygen atoms in total. The number of para-hydroxylation sites is 2. The van der Waals surface area contributed by atoms with Crippen LogP contribution in [0.3, 0.4) is 0 Å². The van der Waals surface area contributed by atoms with Crippen molar-refractivity contribution in [3.8, 4) is 90.6 Å². The number of aliphatic hydroxyl groups excluding tert-OH is 4. The second kappa shape index (κ2) is 39.2. The number of nitrogens with one attached hydrogen (secondary N) is 6. The molecule has 10 N–H and O–H groups in total. The first kappa shape index (κ1) is 89.6. The predicted molar refractivity (Wildman–Crippen MR) is 509 cm³/mol. The highest BCUT2D eigenvalue weighted by Crippen LogP contribution is 2.39. The third-order valence-corrected chi connectivity index (χ3v) is 23.0. The first-order chi connectivity index (χ1) is 66.1. The highest BCUT2D eigenvalue weighted by Gasteiger charge is 2.26. The van der Waals surface area contributed by atoms with Gasteiger partial charge in [-0.05, 0) is 246 Å². The van der Waals surface area contributed by atoms with Crippen LogP contribution in [-0.2, 0) is 53.6 Å². The van der Waals surface area contributed by atoms with Gasteiger partial charge in [-0.3, -0.25) is 32.1 Å². The molecule has 0 bridgehead atoms. The molecule has 5 aromatic carbocycles. The van der Waals surface area contributed by atoms with Crippen LogP contribution in [0.2, 0.25) is 0 Å². The number of halogens is 4. The highest BCUT2D eigenvalue weighted by molar-refractivity contribution is 5.85. The highest BCUT2D eigenvalue weighted by atomic mass is 19.1. The Kier molecular flexibility index (Phi) is 25.8. The SMILES string of the molecule is CC(Nc1nccc(-c2c(-c3ccc(F)cc3)nc3cc(CO)ccn23)n1)c1nc2ccccc2[nH]1.Cc1c(CNc2nccc(-c3c(-c4ccc(F)cc4)nc4cc(CO)ccn34)n2)cnn1C.Cc1n[nH]c(C)c1C(C)Nc1nccc(-c2c(-c3ccc(F)cc3)nc3cc(CO)ccn23)n1.Cc1nn(C)cc1CNc1nccc(-c2c(-c3ccc(F)cc3)nc3cc(CO)ccn23)n1. The normalized spacial score (nSPS) is 11.8. The van der Waals surface area contributed by atoms with Crippen LogP contribution in [0.4, 0.5) is 41.4 Å². The molecule has 2 unspecified atom stereocenters. The summed E-state index contributed by atoms with van der Waals surface area (Å²) < 4.78 is 65.6. The number of imidazole rings is 5. The molecule has 0 aliphatic rings. The van der Waals surface area contributed by atoms with E-state index in [0.29, 0.717) is 105 Å². The average Bonchev–Trinajstić information content (AvgIpc) is 1.63. The Bertz CT molecular complexity index is 7650. The van der Waals surface area contributed by atoms with Crippen LogP contribution >= 0.6 is 0 Å². The van der Waals surface area contributed by atoms with Gasteiger partial charge in [-0.15, -0.1) is 0 Å². The number of rotatable bonds is 24. The number of anilines is 4. The van der Waals surface area contributed by atoms with E-state index in [1.54, 1.807) is 78.0 Å². The molecule has 16 heterocycles. The number of hydrogen-bond acceptors (Lipinski definition) is 24. The van der Waals surface area contributed by atoms with Crippen molar-refractivity contribution in [3.63, 3.8) is 0 Å². The Morgan fingerprint density at radius 2 is 0.757 bits per heavy atom. The summed E-state index contributed by atoms with van der Waals surface area (Å²) in [5, 5.41) is 67.3. The fourth-order valence-electron chi connectivity index (χ4n) is 16.0. The number of aryl methyl sites for hydroxylation is 5. The van der Waals surface area contributed by atoms with Crippen LogP contribution in [0.25, 0.3) is 124 Å². The summed E-state index contributed by atoms with van der Waals surface area (Å²) in [7, 11) is 3.79. The largest absolute Gasteiger partial charge is 0.392 e. The van der Waals surface area contributed by atoms with Crippen molar-refractivity contribution >= 4 is 57.4 Å². The first-order valence-electron chi connectivity index (χ1n) is 43.4. The number of hydrogen-bond donors (Lipinski definition) is 10. The van der Waals surface area contributed by atoms with Crippen molar-refractivity contribution in [2.75, 3.05) is 21.3 Å². The Balaban J connectivity index is 0.000000121. The zero-order chi connectivity index (χ0) is 94.4. The summed E-state index contributed by atoms with van der Waals surface area (Å²) in [6.07, 6.45) is 18.0. The van der Waals surface area contributed by atoms with Gasteiger partial charge in [0.25, 0.3) is 0 Å². The summed E-state index contributed by atoms with van der Waals surface area (Å²) in [6, 6.07) is 54.3. The van der Waals surface area contributed by atoms with Gasteiger partial charge in [-0.2, -0.15) is 15.3 Å². The van der Waals surface area contributed by atoms with Crippen LogP contribution in [0.15, 0.2) is 256 Å². The van der Waals surface area contributed by atoms with Crippen molar-refractivity contribution in [1.82, 2.24) is 117 Å². The molecule has 0 amide bonds. The third kappa shape index (κ3) is 19.3. The minimum absolute atomic E-state index is 0.0557. The van der Waals surface area contributed by atoms with Crippen molar-refractivity contribution < 1.29 is 38.0 Å². The Morgan fingerprint density at radius 3 is 1.10 bits per heavy atom. The molecule has 2 atom stereocenters. The van der Waals surface area contributed by atoms with Gasteiger partial charge in [-0.1, -0.05) is 12.1 Å². The Hall–Kier alpha value is -17.0. The summed E-state index contributed by atoms with van der Waals surface area (Å²) in [4.78, 5) is 63.7. The maximum Gasteiger partial charge on any atom is 0.223 e. The maximum absolute atomic E-state index is 13.6. The quantitative estimate of drug-likeness (QED) is 0.0251. The minimum Gasteiger partial charge on any atom is -0.392 e. The van der Waals surface area contributed by atoms with E-state index in [0.717, 1.165) is 124 Å². The molecule has 0 saturated carbocycles. The number of aromatic amines is 2. The van der Waals surface area contributed by atoms with E-state index < -0.39 is 0 Å². The second-order valence-corrected chi connectivity index (χ2v) is 32.2. The van der Waals surface area contributed by atoms with Crippen LogP contribution in [0.1, 0.15) is 93.5 Å². The lowest BCUT2D eigenvalue weighted by molar-refractivity contribution is 0.281. The number of aliphatic hydroxyl groups is 4. The molecule has 21 aromatic rings. The van der Waals surface area contributed by atoms with Crippen molar-refractivity contribution in [3.05, 3.63) is 347 Å². The van der Waals surface area contributed by atoms with Gasteiger partial charge in [0.1, 0.15) is 51.7 Å². The molecular formula is C100H90F4N28O4. The standard InChI is InChI=1S/C27H22FN7O.C25H24FN7O.2C24H22FN7O/c1-16(26-31-20-4-2-3-5-21(20)32-26)30-27-29-12-10-22(33-27)25-24(18-6-8-19(28)9-7-18)34-23-14-17(15-36)11-13-35(23)25;1-14(22-15(2)31-32-16(22)3)28-25-27-10-8-20(29-25)24-23(18-4-6-19(26)7-5-18)30-21-12-17(13-34)9-11-33(21)24;1-15-18(13-31(2)30-15)12-27-24-26-9-7-20(28-24)23-22(17-3-5-19(25)6-4-17)29-21-11-16(14-33)8-10-32(21)23;1-15-18(13-28-31(15)2)12-27-24-26-9-7-20(29-24)23-22(17-3-5-19(25)6-4-17)30-21-11-16(14-33)8-10-32(21)23/h2-14,16,36H,15H2,1H3,(H,31,32)(H,29,30,33);4-12,14,34H,13H2,1-3H3,(H,31,32)(H,27,28,29);3-11,13,33H,12,14H2,1-2H3,(H,26,27,28);3-11,13,33H,12,14H2,1-2H3,(H,26,27,29). The Morgan fingerprint density at radius 1 is 0.397 bits per heavy atom. The lowest BCUT2D eigenvalue weighted by atomic mass is 10.1. The minimum atomic E-state index is -0.320. The second-order valence-electron chi connectivity index (χ2n) is 32.2. The number of fused-ring (bicyclic) bond motifs is 5. The molecule has 0 aliphatic heterocycles. The molecule has 0 saturated heterocycles. The van der Waals surface area contributed by atoms with E-state index in [9.17, 15) is 38.0 Å². The summed E-state index contributed by atoms with van der Waals surface area (Å²) in [5.41, 5.74) is 25.9. The molecule has 21 rings (SSSR count). The molecule has 0 spiro atoms. The van der Waals surface area contributed by atoms with Crippen LogP contribution in [-0.4, -0.2) is 138 Å². The fourth-order valence-corrected chi connectivity index (χ4v) is 16.0. The number of aromatic nitrogens is 24. The van der Waals surface area contributed by atoms with E-state index >= 15 is 0 Å². The zero-order valence-electron chi connectivity index (χ0n) is 74.8. The molecule has 0 fully saturated rings. The van der Waals surface area contributed by atoms with Crippen LogP contribution in [0, 0.1) is 51.0 Å². The number of pyridine rings is 4. The molecular weight excluding hydrogens is 1730 g/mol. The molecule has 16 aromatic heterocycles. The summed E-state index contributed by atoms with van der Waals surface area (Å²) in [5.74, 6) is 1.37. The van der Waals surface area contributed by atoms with E-state index in [4.69, 9.17) is 39.9 Å². The van der Waals surface area contributed by atoms with Gasteiger partial charge in [0.15, 0.2) is 0 Å².